The first kappa shape index (κ1) is 11.8. The predicted octanol–water partition coefficient (Wildman–Crippen LogP) is 2.95. The Balaban J connectivity index is 2.39. The van der Waals surface area contributed by atoms with Gasteiger partial charge in [-0.1, -0.05) is 6.92 Å². The molecule has 0 bridgehead atoms. The second-order valence-electron chi connectivity index (χ2n) is 4.37. The average Bonchev–Trinajstić information content (AvgIpc) is 2.15. The fraction of sp³-hybridized carbons (Fsp3) is 1.00. The summed E-state index contributed by atoms with van der Waals surface area (Å²) in [6.45, 7) is 2.61. The van der Waals surface area contributed by atoms with E-state index in [0.29, 0.717) is 44.1 Å². The van der Waals surface area contributed by atoms with Gasteiger partial charge >= 0.3 is 6.18 Å². The predicted molar refractivity (Wildman–Crippen MR) is 49.7 cm³/mol. The summed E-state index contributed by atoms with van der Waals surface area (Å²) in [7, 11) is 0. The molecule has 1 aliphatic rings. The standard InChI is InChI=1S/C10H18F3N/c1-7(6-14)8-2-4-9(5-3-8)10(11,12)13/h7-9H,2-6,14H2,1H3. The molecule has 4 heteroatoms. The molecule has 0 spiro atoms. The van der Waals surface area contributed by atoms with Gasteiger partial charge in [-0.25, -0.2) is 0 Å². The van der Waals surface area contributed by atoms with Gasteiger partial charge in [0.2, 0.25) is 0 Å². The SMILES string of the molecule is CC(CN)C1CCC(C(F)(F)F)CC1. The normalized spacial score (nSPS) is 31.5. The van der Waals surface area contributed by atoms with Crippen LogP contribution in [0.5, 0.6) is 0 Å². The minimum atomic E-state index is -3.99. The summed E-state index contributed by atoms with van der Waals surface area (Å²) in [4.78, 5) is 0. The molecule has 0 saturated heterocycles. The molecule has 0 heterocycles. The molecule has 0 radical (unpaired) electrons. The Hall–Kier alpha value is -0.250. The third-order valence-electron chi connectivity index (χ3n) is 3.41. The molecule has 0 amide bonds. The van der Waals surface area contributed by atoms with Crippen molar-refractivity contribution in [2.75, 3.05) is 6.54 Å². The fourth-order valence-electron chi connectivity index (χ4n) is 2.21. The quantitative estimate of drug-likeness (QED) is 0.743. The summed E-state index contributed by atoms with van der Waals surface area (Å²) in [6.07, 6.45) is -2.04. The van der Waals surface area contributed by atoms with Gasteiger partial charge in [-0.05, 0) is 44.1 Å². The Kier molecular flexibility index (Phi) is 3.81. The van der Waals surface area contributed by atoms with Crippen molar-refractivity contribution in [2.24, 2.45) is 23.5 Å². The molecule has 0 aromatic heterocycles. The molecule has 1 atom stereocenters. The Labute approximate surface area is 82.9 Å². The Bertz CT molecular complexity index is 171. The second-order valence-corrected chi connectivity index (χ2v) is 4.37. The van der Waals surface area contributed by atoms with E-state index in [1.54, 1.807) is 0 Å². The third kappa shape index (κ3) is 2.87. The summed E-state index contributed by atoms with van der Waals surface area (Å²) in [5.74, 6) is -0.300. The largest absolute Gasteiger partial charge is 0.391 e. The van der Waals surface area contributed by atoms with Crippen molar-refractivity contribution in [3.8, 4) is 0 Å². The zero-order chi connectivity index (χ0) is 10.8. The highest BCUT2D eigenvalue weighted by Gasteiger charge is 2.41. The first-order chi connectivity index (χ1) is 6.45. The molecule has 1 aliphatic carbocycles. The topological polar surface area (TPSA) is 26.0 Å². The number of alkyl halides is 3. The van der Waals surface area contributed by atoms with Crippen LogP contribution in [-0.2, 0) is 0 Å². The first-order valence-corrected chi connectivity index (χ1v) is 5.22. The number of hydrogen-bond acceptors (Lipinski definition) is 1. The third-order valence-corrected chi connectivity index (χ3v) is 3.41. The van der Waals surface area contributed by atoms with Crippen molar-refractivity contribution in [3.05, 3.63) is 0 Å². The molecule has 0 aliphatic heterocycles. The zero-order valence-electron chi connectivity index (χ0n) is 8.48. The molecule has 0 aromatic carbocycles. The summed E-state index contributed by atoms with van der Waals surface area (Å²) in [5, 5.41) is 0. The van der Waals surface area contributed by atoms with E-state index in [1.165, 1.54) is 0 Å². The molecule has 1 saturated carbocycles. The van der Waals surface area contributed by atoms with Crippen LogP contribution in [0.25, 0.3) is 0 Å². The van der Waals surface area contributed by atoms with E-state index < -0.39 is 12.1 Å². The molecular weight excluding hydrogens is 191 g/mol. The zero-order valence-corrected chi connectivity index (χ0v) is 8.48. The Morgan fingerprint density at radius 3 is 2.07 bits per heavy atom. The highest BCUT2D eigenvalue weighted by Crippen LogP contribution is 2.41. The van der Waals surface area contributed by atoms with Crippen LogP contribution in [0.3, 0.4) is 0 Å². The first-order valence-electron chi connectivity index (χ1n) is 5.22. The number of halogens is 3. The lowest BCUT2D eigenvalue weighted by Crippen LogP contribution is -2.31. The van der Waals surface area contributed by atoms with Gasteiger partial charge in [-0.15, -0.1) is 0 Å². The highest BCUT2D eigenvalue weighted by atomic mass is 19.4. The summed E-state index contributed by atoms with van der Waals surface area (Å²) < 4.78 is 37.0. The molecule has 1 rings (SSSR count). The maximum Gasteiger partial charge on any atom is 0.391 e. The molecule has 1 nitrogen and oxygen atoms in total. The van der Waals surface area contributed by atoms with E-state index in [2.05, 4.69) is 0 Å². The monoisotopic (exact) mass is 209 g/mol. The van der Waals surface area contributed by atoms with Crippen molar-refractivity contribution in [2.45, 2.75) is 38.8 Å². The highest BCUT2D eigenvalue weighted by molar-refractivity contribution is 4.79. The van der Waals surface area contributed by atoms with Crippen molar-refractivity contribution in [1.29, 1.82) is 0 Å². The van der Waals surface area contributed by atoms with Crippen LogP contribution < -0.4 is 5.73 Å². The van der Waals surface area contributed by atoms with Gasteiger partial charge in [0, 0.05) is 0 Å². The van der Waals surface area contributed by atoms with E-state index in [0.717, 1.165) is 0 Å². The lowest BCUT2D eigenvalue weighted by Gasteiger charge is -2.32. The smallest absolute Gasteiger partial charge is 0.330 e. The van der Waals surface area contributed by atoms with Crippen LogP contribution in [0, 0.1) is 17.8 Å². The van der Waals surface area contributed by atoms with E-state index in [4.69, 9.17) is 5.73 Å². The molecule has 1 unspecified atom stereocenters. The number of rotatable bonds is 2. The van der Waals surface area contributed by atoms with Gasteiger partial charge in [0.25, 0.3) is 0 Å². The van der Waals surface area contributed by atoms with Gasteiger partial charge in [-0.3, -0.25) is 0 Å². The van der Waals surface area contributed by atoms with Crippen molar-refractivity contribution in [1.82, 2.24) is 0 Å². The maximum atomic E-state index is 12.3. The molecule has 1 fully saturated rings. The fourth-order valence-corrected chi connectivity index (χ4v) is 2.21. The van der Waals surface area contributed by atoms with Crippen LogP contribution in [-0.4, -0.2) is 12.7 Å². The van der Waals surface area contributed by atoms with Crippen molar-refractivity contribution in [3.63, 3.8) is 0 Å². The minimum Gasteiger partial charge on any atom is -0.330 e. The maximum absolute atomic E-state index is 12.3. The van der Waals surface area contributed by atoms with Crippen LogP contribution in [0.4, 0.5) is 13.2 Å². The molecule has 2 N–H and O–H groups in total. The van der Waals surface area contributed by atoms with Crippen LogP contribution in [0.1, 0.15) is 32.6 Å². The van der Waals surface area contributed by atoms with Crippen LogP contribution in [0.2, 0.25) is 0 Å². The molecule has 84 valence electrons. The average molecular weight is 209 g/mol. The lowest BCUT2D eigenvalue weighted by atomic mass is 9.76. The van der Waals surface area contributed by atoms with Gasteiger partial charge in [0.15, 0.2) is 0 Å². The molecule has 0 aromatic rings. The van der Waals surface area contributed by atoms with Crippen molar-refractivity contribution < 1.29 is 13.2 Å². The van der Waals surface area contributed by atoms with Gasteiger partial charge in [-0.2, -0.15) is 13.2 Å². The lowest BCUT2D eigenvalue weighted by molar-refractivity contribution is -0.184. The number of nitrogens with two attached hydrogens (primary N) is 1. The van der Waals surface area contributed by atoms with Gasteiger partial charge < -0.3 is 5.73 Å². The van der Waals surface area contributed by atoms with E-state index in [1.807, 2.05) is 6.92 Å². The van der Waals surface area contributed by atoms with Crippen LogP contribution in [0.15, 0.2) is 0 Å². The second kappa shape index (κ2) is 4.51. The van der Waals surface area contributed by atoms with Crippen LogP contribution >= 0.6 is 0 Å². The summed E-state index contributed by atoms with van der Waals surface area (Å²) in [6, 6.07) is 0. The summed E-state index contributed by atoms with van der Waals surface area (Å²) >= 11 is 0. The van der Waals surface area contributed by atoms with Gasteiger partial charge in [0.05, 0.1) is 5.92 Å². The van der Waals surface area contributed by atoms with Crippen molar-refractivity contribution >= 4 is 0 Å². The summed E-state index contributed by atoms with van der Waals surface area (Å²) in [5.41, 5.74) is 5.50. The molecule has 14 heavy (non-hydrogen) atoms. The number of hydrogen-bond donors (Lipinski definition) is 1. The Morgan fingerprint density at radius 1 is 1.21 bits per heavy atom. The minimum absolute atomic E-state index is 0.290. The van der Waals surface area contributed by atoms with Gasteiger partial charge in [0.1, 0.15) is 0 Å². The van der Waals surface area contributed by atoms with E-state index in [9.17, 15) is 13.2 Å². The Morgan fingerprint density at radius 2 is 1.71 bits per heavy atom. The van der Waals surface area contributed by atoms with E-state index >= 15 is 0 Å². The molecular formula is C10H18F3N. The van der Waals surface area contributed by atoms with E-state index in [-0.39, 0.29) is 0 Å².